The number of nitrogens with zero attached hydrogens (tertiary/aromatic N) is 4. The molecular formula is C12H15ClN5O5PS. The number of hydrogen-bond donors (Lipinski definition) is 5. The summed E-state index contributed by atoms with van der Waals surface area (Å²) in [5, 5.41) is 20.9. The van der Waals surface area contributed by atoms with Gasteiger partial charge in [0.1, 0.15) is 11.6 Å². The Morgan fingerprint density at radius 1 is 1.44 bits per heavy atom. The van der Waals surface area contributed by atoms with E-state index in [0.717, 1.165) is 0 Å². The lowest BCUT2D eigenvalue weighted by molar-refractivity contribution is -0.0126. The maximum Gasteiger partial charge on any atom is 0.384 e. The maximum atomic E-state index is 11.1. The largest absolute Gasteiger partial charge is 0.390 e. The average Bonchev–Trinajstić information content (AvgIpc) is 3.01. The lowest BCUT2D eigenvalue weighted by Crippen LogP contribution is -2.35. The Balaban J connectivity index is 1.70. The van der Waals surface area contributed by atoms with E-state index >= 15 is 0 Å². The molecule has 2 heterocycles. The van der Waals surface area contributed by atoms with Crippen molar-refractivity contribution in [2.45, 2.75) is 24.7 Å². The molecule has 0 saturated heterocycles. The molecule has 25 heavy (non-hydrogen) atoms. The summed E-state index contributed by atoms with van der Waals surface area (Å²) < 4.78 is 12.8. The van der Waals surface area contributed by atoms with Gasteiger partial charge in [-0.3, -0.25) is 0 Å². The molecule has 0 unspecified atom stereocenters. The van der Waals surface area contributed by atoms with Crippen LogP contribution in [-0.4, -0.2) is 57.5 Å². The fraction of sp³-hybridized carbons (Fsp3) is 0.583. The first-order chi connectivity index (χ1) is 11.6. The molecule has 2 fully saturated rings. The molecule has 2 aromatic heterocycles. The van der Waals surface area contributed by atoms with Crippen LogP contribution in [0.1, 0.15) is 12.5 Å². The number of anilines is 1. The van der Waals surface area contributed by atoms with Gasteiger partial charge in [-0.1, -0.05) is 0 Å². The lowest BCUT2D eigenvalue weighted by Gasteiger charge is -2.24. The molecule has 2 aromatic rings. The molecular weight excluding hydrogens is 393 g/mol. The van der Waals surface area contributed by atoms with Gasteiger partial charge in [-0.2, -0.15) is 9.97 Å². The Morgan fingerprint density at radius 3 is 2.84 bits per heavy atom. The van der Waals surface area contributed by atoms with Crippen molar-refractivity contribution in [1.82, 2.24) is 19.5 Å². The first kappa shape index (κ1) is 17.5. The fourth-order valence-corrected chi connectivity index (χ4v) is 6.17. The summed E-state index contributed by atoms with van der Waals surface area (Å²) in [6.07, 6.45) is -0.231. The Kier molecular flexibility index (Phi) is 3.86. The normalized spacial score (nSPS) is 34.4. The minimum Gasteiger partial charge on any atom is -0.390 e. The van der Waals surface area contributed by atoms with Gasteiger partial charge in [-0.15, -0.1) is 0 Å². The smallest absolute Gasteiger partial charge is 0.384 e. The third-order valence-corrected chi connectivity index (χ3v) is 7.67. The van der Waals surface area contributed by atoms with Gasteiger partial charge in [0.05, 0.1) is 18.5 Å². The Bertz CT molecular complexity index is 907. The molecule has 136 valence electrons. The highest BCUT2D eigenvalue weighted by atomic mass is 35.5. The number of hydrogen-bond acceptors (Lipinski definition) is 8. The Labute approximate surface area is 150 Å². The number of fused-ring (bicyclic) bond motifs is 2. The van der Waals surface area contributed by atoms with Crippen LogP contribution in [0.3, 0.4) is 0 Å². The third kappa shape index (κ3) is 2.66. The number of aromatic nitrogens is 4. The molecule has 0 amide bonds. The molecule has 2 aliphatic rings. The molecule has 13 heteroatoms. The van der Waals surface area contributed by atoms with E-state index in [1.165, 1.54) is 6.33 Å². The van der Waals surface area contributed by atoms with Crippen LogP contribution < -0.4 is 5.73 Å². The van der Waals surface area contributed by atoms with Crippen LogP contribution in [0, 0.1) is 11.3 Å². The van der Waals surface area contributed by atoms with Crippen molar-refractivity contribution >= 4 is 46.8 Å². The van der Waals surface area contributed by atoms with Gasteiger partial charge < -0.3 is 30.3 Å². The van der Waals surface area contributed by atoms with Crippen molar-refractivity contribution in [1.29, 1.82) is 0 Å². The summed E-state index contributed by atoms with van der Waals surface area (Å²) in [6.45, 7) is -4.26. The highest BCUT2D eigenvalue weighted by Crippen LogP contribution is 2.71. The predicted molar refractivity (Wildman–Crippen MR) is 90.8 cm³/mol. The number of halogens is 1. The highest BCUT2D eigenvalue weighted by molar-refractivity contribution is 8.54. The number of aliphatic hydroxyl groups excluding tert-OH is 2. The highest BCUT2D eigenvalue weighted by Gasteiger charge is 2.71. The van der Waals surface area contributed by atoms with E-state index in [2.05, 4.69) is 15.0 Å². The zero-order chi connectivity index (χ0) is 18.1. The summed E-state index contributed by atoms with van der Waals surface area (Å²) in [7, 11) is 0. The van der Waals surface area contributed by atoms with Crippen LogP contribution >= 0.6 is 29.8 Å². The van der Waals surface area contributed by atoms with Crippen LogP contribution in [0.4, 0.5) is 5.82 Å². The SMILES string of the molecule is Nc1nc(Cl)nc2c1ncn2[C@H]1[C@H](O)[C@H](O)[C@@]2(CSP(=O)(O)O)C[C@H]12. The summed E-state index contributed by atoms with van der Waals surface area (Å²) >= 11 is 6.34. The van der Waals surface area contributed by atoms with Crippen LogP contribution in [0.5, 0.6) is 0 Å². The van der Waals surface area contributed by atoms with Crippen molar-refractivity contribution < 1.29 is 24.6 Å². The number of nitrogens with two attached hydrogens (primary N) is 1. The third-order valence-electron chi connectivity index (χ3n) is 5.10. The van der Waals surface area contributed by atoms with Gasteiger partial charge in [0.25, 0.3) is 0 Å². The number of aliphatic hydroxyl groups is 2. The molecule has 4 rings (SSSR count). The van der Waals surface area contributed by atoms with E-state index in [1.54, 1.807) is 4.57 Å². The molecule has 0 aromatic carbocycles. The molecule has 2 saturated carbocycles. The molecule has 5 atom stereocenters. The molecule has 0 aliphatic heterocycles. The van der Waals surface area contributed by atoms with Crippen LogP contribution in [0.2, 0.25) is 5.28 Å². The van der Waals surface area contributed by atoms with E-state index in [0.29, 0.717) is 29.0 Å². The van der Waals surface area contributed by atoms with Gasteiger partial charge in [0.2, 0.25) is 5.28 Å². The van der Waals surface area contributed by atoms with Gasteiger partial charge in [-0.25, -0.2) is 9.55 Å². The second-order valence-electron chi connectivity index (χ2n) is 6.44. The van der Waals surface area contributed by atoms with Gasteiger partial charge >= 0.3 is 6.80 Å². The monoisotopic (exact) mass is 407 g/mol. The summed E-state index contributed by atoms with van der Waals surface area (Å²) in [6, 6.07) is -0.539. The first-order valence-corrected chi connectivity index (χ1v) is 10.9. The molecule has 0 spiro atoms. The Hall–Kier alpha value is -0.940. The van der Waals surface area contributed by atoms with E-state index in [9.17, 15) is 14.8 Å². The second kappa shape index (κ2) is 5.53. The Morgan fingerprint density at radius 2 is 2.16 bits per heavy atom. The summed E-state index contributed by atoms with van der Waals surface area (Å²) in [5.41, 5.74) is 5.73. The van der Waals surface area contributed by atoms with Crippen molar-refractivity contribution in [3.05, 3.63) is 11.6 Å². The molecule has 2 aliphatic carbocycles. The number of imidazole rings is 1. The minimum absolute atomic E-state index is 0.0566. The minimum atomic E-state index is -4.26. The quantitative estimate of drug-likeness (QED) is 0.348. The van der Waals surface area contributed by atoms with E-state index in [1.807, 2.05) is 0 Å². The van der Waals surface area contributed by atoms with Crippen LogP contribution in [0.15, 0.2) is 6.33 Å². The van der Waals surface area contributed by atoms with Gasteiger partial charge in [0.15, 0.2) is 11.5 Å². The van der Waals surface area contributed by atoms with E-state index in [-0.39, 0.29) is 22.8 Å². The molecule has 0 bridgehead atoms. The average molecular weight is 408 g/mol. The van der Waals surface area contributed by atoms with Crippen molar-refractivity contribution in [3.8, 4) is 0 Å². The van der Waals surface area contributed by atoms with Crippen molar-refractivity contribution in [2.75, 3.05) is 11.5 Å². The topological polar surface area (TPSA) is 168 Å². The van der Waals surface area contributed by atoms with Gasteiger partial charge in [0, 0.05) is 11.2 Å². The lowest BCUT2D eigenvalue weighted by atomic mass is 10.0. The van der Waals surface area contributed by atoms with Crippen LogP contribution in [-0.2, 0) is 4.57 Å². The molecule has 0 radical (unpaired) electrons. The summed E-state index contributed by atoms with van der Waals surface area (Å²) in [5.74, 6) is 0.00563. The molecule has 10 nitrogen and oxygen atoms in total. The fourth-order valence-electron chi connectivity index (χ4n) is 3.86. The van der Waals surface area contributed by atoms with E-state index in [4.69, 9.17) is 27.1 Å². The van der Waals surface area contributed by atoms with Crippen molar-refractivity contribution in [2.24, 2.45) is 11.3 Å². The second-order valence-corrected chi connectivity index (χ2v) is 10.5. The first-order valence-electron chi connectivity index (χ1n) is 7.36. The maximum absolute atomic E-state index is 11.1. The zero-order valence-electron chi connectivity index (χ0n) is 12.6. The summed E-state index contributed by atoms with van der Waals surface area (Å²) in [4.78, 5) is 30.3. The zero-order valence-corrected chi connectivity index (χ0v) is 15.1. The van der Waals surface area contributed by atoms with Crippen molar-refractivity contribution in [3.63, 3.8) is 0 Å². The number of rotatable bonds is 4. The van der Waals surface area contributed by atoms with Crippen LogP contribution in [0.25, 0.3) is 11.2 Å². The van der Waals surface area contributed by atoms with Gasteiger partial charge in [-0.05, 0) is 35.3 Å². The molecule has 6 N–H and O–H groups in total. The predicted octanol–water partition coefficient (Wildman–Crippen LogP) is 0.171. The number of nitrogen functional groups attached to an aromatic ring is 1. The van der Waals surface area contributed by atoms with E-state index < -0.39 is 30.5 Å². The standard InChI is InChI=1S/C12H15ClN5O5PS/c13-11-16-9(14)5-10(17-11)18(3-15-5)6-4-1-12(4,8(20)7(6)19)2-25-24(21,22)23/h3-4,6-8,19-20H,1-2H2,(H2,14,16,17)(H2,21,22,23)/t4-,6-,7+,8+,12-/m1/s1.